The SMILES string of the molecule is COC(=O)CCc1ccc(OC2CCCCC2N)cc1. The first kappa shape index (κ1) is 14.9. The van der Waals surface area contributed by atoms with Gasteiger partial charge in [0, 0.05) is 12.5 Å². The summed E-state index contributed by atoms with van der Waals surface area (Å²) < 4.78 is 10.6. The highest BCUT2D eigenvalue weighted by Crippen LogP contribution is 2.23. The van der Waals surface area contributed by atoms with Crippen molar-refractivity contribution in [3.63, 3.8) is 0 Å². The molecule has 1 aromatic carbocycles. The molecule has 20 heavy (non-hydrogen) atoms. The van der Waals surface area contributed by atoms with Crippen molar-refractivity contribution in [3.05, 3.63) is 29.8 Å². The van der Waals surface area contributed by atoms with Gasteiger partial charge in [-0.25, -0.2) is 0 Å². The fourth-order valence-corrected chi connectivity index (χ4v) is 2.53. The molecule has 2 atom stereocenters. The average Bonchev–Trinajstić information content (AvgIpc) is 2.48. The van der Waals surface area contributed by atoms with Gasteiger partial charge in [0.05, 0.1) is 7.11 Å². The molecule has 1 aliphatic rings. The number of carbonyl (C=O) groups excluding carboxylic acids is 1. The zero-order valence-electron chi connectivity index (χ0n) is 12.0. The van der Waals surface area contributed by atoms with Gasteiger partial charge < -0.3 is 15.2 Å². The highest BCUT2D eigenvalue weighted by Gasteiger charge is 2.23. The summed E-state index contributed by atoms with van der Waals surface area (Å²) >= 11 is 0. The maximum atomic E-state index is 11.1. The standard InChI is InChI=1S/C16H23NO3/c1-19-16(18)11-8-12-6-9-13(10-7-12)20-15-5-3-2-4-14(15)17/h6-7,9-10,14-15H,2-5,8,11,17H2,1H3. The molecule has 2 unspecified atom stereocenters. The van der Waals surface area contributed by atoms with Crippen molar-refractivity contribution < 1.29 is 14.3 Å². The Morgan fingerprint density at radius 2 is 1.95 bits per heavy atom. The molecule has 1 saturated carbocycles. The third-order valence-corrected chi connectivity index (χ3v) is 3.81. The van der Waals surface area contributed by atoms with Gasteiger partial charge in [-0.05, 0) is 43.4 Å². The minimum absolute atomic E-state index is 0.129. The molecule has 2 N–H and O–H groups in total. The van der Waals surface area contributed by atoms with Crippen LogP contribution in [0.4, 0.5) is 0 Å². The van der Waals surface area contributed by atoms with Crippen LogP contribution in [-0.4, -0.2) is 25.2 Å². The van der Waals surface area contributed by atoms with Gasteiger partial charge in [-0.15, -0.1) is 0 Å². The van der Waals surface area contributed by atoms with E-state index >= 15 is 0 Å². The van der Waals surface area contributed by atoms with E-state index in [1.807, 2.05) is 24.3 Å². The lowest BCUT2D eigenvalue weighted by molar-refractivity contribution is -0.140. The van der Waals surface area contributed by atoms with E-state index in [1.165, 1.54) is 20.0 Å². The van der Waals surface area contributed by atoms with E-state index in [-0.39, 0.29) is 18.1 Å². The summed E-state index contributed by atoms with van der Waals surface area (Å²) in [5.74, 6) is 0.674. The van der Waals surface area contributed by atoms with Crippen molar-refractivity contribution in [2.24, 2.45) is 5.73 Å². The zero-order chi connectivity index (χ0) is 14.4. The number of benzene rings is 1. The molecule has 0 spiro atoms. The van der Waals surface area contributed by atoms with Crippen molar-refractivity contribution in [1.82, 2.24) is 0 Å². The van der Waals surface area contributed by atoms with Gasteiger partial charge in [-0.3, -0.25) is 4.79 Å². The van der Waals surface area contributed by atoms with Gasteiger partial charge in [0.25, 0.3) is 0 Å². The maximum Gasteiger partial charge on any atom is 0.305 e. The molecule has 0 amide bonds. The number of hydrogen-bond donors (Lipinski definition) is 1. The number of carbonyl (C=O) groups is 1. The number of aryl methyl sites for hydroxylation is 1. The van der Waals surface area contributed by atoms with Crippen molar-refractivity contribution in [3.8, 4) is 5.75 Å². The third-order valence-electron chi connectivity index (χ3n) is 3.81. The number of esters is 1. The first-order valence-electron chi connectivity index (χ1n) is 7.27. The van der Waals surface area contributed by atoms with Crippen molar-refractivity contribution in [2.75, 3.05) is 7.11 Å². The van der Waals surface area contributed by atoms with Crippen LogP contribution in [0.1, 0.15) is 37.7 Å². The van der Waals surface area contributed by atoms with Crippen molar-refractivity contribution >= 4 is 5.97 Å². The molecule has 4 nitrogen and oxygen atoms in total. The zero-order valence-corrected chi connectivity index (χ0v) is 12.0. The van der Waals surface area contributed by atoms with E-state index in [0.717, 1.165) is 24.2 Å². The second-order valence-corrected chi connectivity index (χ2v) is 5.32. The predicted octanol–water partition coefficient (Wildman–Crippen LogP) is 2.44. The van der Waals surface area contributed by atoms with Gasteiger partial charge in [0.2, 0.25) is 0 Å². The Hall–Kier alpha value is -1.55. The topological polar surface area (TPSA) is 61.5 Å². The van der Waals surface area contributed by atoms with E-state index in [0.29, 0.717) is 12.8 Å². The lowest BCUT2D eigenvalue weighted by Gasteiger charge is -2.29. The van der Waals surface area contributed by atoms with Crippen LogP contribution in [0.5, 0.6) is 5.75 Å². The van der Waals surface area contributed by atoms with Crippen molar-refractivity contribution in [2.45, 2.75) is 50.7 Å². The van der Waals surface area contributed by atoms with Gasteiger partial charge >= 0.3 is 5.97 Å². The summed E-state index contributed by atoms with van der Waals surface area (Å²) in [6.45, 7) is 0. The minimum atomic E-state index is -0.182. The number of hydrogen-bond acceptors (Lipinski definition) is 4. The van der Waals surface area contributed by atoms with E-state index in [4.69, 9.17) is 10.5 Å². The summed E-state index contributed by atoms with van der Waals surface area (Å²) in [7, 11) is 1.41. The summed E-state index contributed by atoms with van der Waals surface area (Å²) in [6.07, 6.45) is 5.70. The van der Waals surface area contributed by atoms with Crippen molar-refractivity contribution in [1.29, 1.82) is 0 Å². The van der Waals surface area contributed by atoms with Gasteiger partial charge in [-0.2, -0.15) is 0 Å². The van der Waals surface area contributed by atoms with E-state index < -0.39 is 0 Å². The highest BCUT2D eigenvalue weighted by molar-refractivity contribution is 5.69. The largest absolute Gasteiger partial charge is 0.489 e. The van der Waals surface area contributed by atoms with Crippen LogP contribution in [-0.2, 0) is 16.0 Å². The van der Waals surface area contributed by atoms with Gasteiger partial charge in [0.15, 0.2) is 0 Å². The molecule has 1 aliphatic carbocycles. The first-order chi connectivity index (χ1) is 9.69. The number of ether oxygens (including phenoxy) is 2. The Morgan fingerprint density at radius 3 is 2.60 bits per heavy atom. The highest BCUT2D eigenvalue weighted by atomic mass is 16.5. The van der Waals surface area contributed by atoms with Gasteiger partial charge in [-0.1, -0.05) is 18.6 Å². The molecular formula is C16H23NO3. The lowest BCUT2D eigenvalue weighted by Crippen LogP contribution is -2.41. The summed E-state index contributed by atoms with van der Waals surface area (Å²) in [4.78, 5) is 11.1. The summed E-state index contributed by atoms with van der Waals surface area (Å²) in [5.41, 5.74) is 7.18. The molecule has 0 aromatic heterocycles. The smallest absolute Gasteiger partial charge is 0.305 e. The van der Waals surface area contributed by atoms with E-state index in [2.05, 4.69) is 4.74 Å². The van der Waals surface area contributed by atoms with Crippen LogP contribution < -0.4 is 10.5 Å². The minimum Gasteiger partial charge on any atom is -0.489 e. The molecule has 0 bridgehead atoms. The molecular weight excluding hydrogens is 254 g/mol. The van der Waals surface area contributed by atoms with E-state index in [9.17, 15) is 4.79 Å². The summed E-state index contributed by atoms with van der Waals surface area (Å²) in [6, 6.07) is 8.03. The fourth-order valence-electron chi connectivity index (χ4n) is 2.53. The first-order valence-corrected chi connectivity index (χ1v) is 7.27. The van der Waals surface area contributed by atoms with Crippen LogP contribution >= 0.6 is 0 Å². The Balaban J connectivity index is 1.86. The average molecular weight is 277 g/mol. The molecule has 1 aromatic rings. The Bertz CT molecular complexity index is 430. The Labute approximate surface area is 120 Å². The second-order valence-electron chi connectivity index (χ2n) is 5.32. The third kappa shape index (κ3) is 4.23. The Kier molecular flexibility index (Phi) is 5.41. The van der Waals surface area contributed by atoms with Crippen LogP contribution in [0.3, 0.4) is 0 Å². The normalized spacial score (nSPS) is 22.3. The van der Waals surface area contributed by atoms with Crippen LogP contribution in [0.15, 0.2) is 24.3 Å². The van der Waals surface area contributed by atoms with Crippen LogP contribution in [0, 0.1) is 0 Å². The molecule has 1 fully saturated rings. The number of methoxy groups -OCH3 is 1. The van der Waals surface area contributed by atoms with Crippen LogP contribution in [0.2, 0.25) is 0 Å². The predicted molar refractivity (Wildman–Crippen MR) is 77.6 cm³/mol. The molecule has 0 radical (unpaired) electrons. The fraction of sp³-hybridized carbons (Fsp3) is 0.562. The molecule has 2 rings (SSSR count). The summed E-state index contributed by atoms with van der Waals surface area (Å²) in [5, 5.41) is 0. The monoisotopic (exact) mass is 277 g/mol. The Morgan fingerprint density at radius 1 is 1.25 bits per heavy atom. The molecule has 0 heterocycles. The molecule has 4 heteroatoms. The van der Waals surface area contributed by atoms with E-state index in [1.54, 1.807) is 0 Å². The quantitative estimate of drug-likeness (QED) is 0.840. The lowest BCUT2D eigenvalue weighted by atomic mass is 9.93. The van der Waals surface area contributed by atoms with Gasteiger partial charge in [0.1, 0.15) is 11.9 Å². The molecule has 0 saturated heterocycles. The number of nitrogens with two attached hydrogens (primary N) is 1. The molecule has 0 aliphatic heterocycles. The maximum absolute atomic E-state index is 11.1. The number of rotatable bonds is 5. The van der Waals surface area contributed by atoms with Crippen LogP contribution in [0.25, 0.3) is 0 Å². The molecule has 110 valence electrons. The second kappa shape index (κ2) is 7.29.